The third kappa shape index (κ3) is 1.26. The molecule has 0 aliphatic heterocycles. The molecule has 1 unspecified atom stereocenters. The molecule has 0 spiro atoms. The Hall–Kier alpha value is -0.650. The Kier molecular flexibility index (Phi) is 1.89. The molecule has 0 bridgehead atoms. The van der Waals surface area contributed by atoms with Crippen LogP contribution in [0.4, 0.5) is 8.78 Å². The van der Waals surface area contributed by atoms with Crippen LogP contribution in [-0.2, 0) is 0 Å². The second kappa shape index (κ2) is 2.53. The Morgan fingerprint density at radius 3 is 2.70 bits per heavy atom. The van der Waals surface area contributed by atoms with E-state index in [9.17, 15) is 8.78 Å². The zero-order valence-electron chi connectivity index (χ0n) is 5.61. The van der Waals surface area contributed by atoms with Crippen molar-refractivity contribution < 1.29 is 8.78 Å². The summed E-state index contributed by atoms with van der Waals surface area (Å²) in [4.78, 5) is 0. The molecule has 0 amide bonds. The lowest BCUT2D eigenvalue weighted by molar-refractivity contribution is -0.0348. The first-order valence-corrected chi connectivity index (χ1v) is 3.41. The first-order valence-electron chi connectivity index (χ1n) is 3.41. The Labute approximate surface area is 58.6 Å². The van der Waals surface area contributed by atoms with Gasteiger partial charge in [0.25, 0.3) is 5.92 Å². The lowest BCUT2D eigenvalue weighted by Gasteiger charge is -2.14. The number of nitriles is 1. The first-order chi connectivity index (χ1) is 4.67. The maximum Gasteiger partial charge on any atom is 0.251 e. The molecule has 0 radical (unpaired) electrons. The molecule has 1 atom stereocenters. The van der Waals surface area contributed by atoms with Gasteiger partial charge in [-0.25, -0.2) is 8.78 Å². The van der Waals surface area contributed by atoms with Gasteiger partial charge < -0.3 is 0 Å². The zero-order chi connectivity index (χ0) is 7.61. The fourth-order valence-corrected chi connectivity index (χ4v) is 1.36. The molecule has 10 heavy (non-hydrogen) atoms. The topological polar surface area (TPSA) is 23.8 Å². The van der Waals surface area contributed by atoms with Gasteiger partial charge in [0.15, 0.2) is 0 Å². The van der Waals surface area contributed by atoms with Crippen LogP contribution in [0.2, 0.25) is 0 Å². The van der Waals surface area contributed by atoms with Crippen LogP contribution in [0.5, 0.6) is 0 Å². The smallest absolute Gasteiger partial charge is 0.207 e. The van der Waals surface area contributed by atoms with Crippen molar-refractivity contribution in [2.45, 2.75) is 31.6 Å². The Morgan fingerprint density at radius 2 is 2.30 bits per heavy atom. The molecule has 1 nitrogen and oxygen atoms in total. The molecule has 0 aromatic heterocycles. The Morgan fingerprint density at radius 1 is 1.60 bits per heavy atom. The van der Waals surface area contributed by atoms with E-state index in [1.165, 1.54) is 0 Å². The van der Waals surface area contributed by atoms with Crippen LogP contribution >= 0.6 is 0 Å². The highest BCUT2D eigenvalue weighted by molar-refractivity contribution is 4.89. The van der Waals surface area contributed by atoms with Crippen molar-refractivity contribution in [1.82, 2.24) is 0 Å². The zero-order valence-corrected chi connectivity index (χ0v) is 5.61. The van der Waals surface area contributed by atoms with Crippen LogP contribution < -0.4 is 0 Å². The highest BCUT2D eigenvalue weighted by Gasteiger charge is 2.43. The van der Waals surface area contributed by atoms with E-state index in [0.717, 1.165) is 0 Å². The predicted octanol–water partition coefficient (Wildman–Crippen LogP) is 2.34. The molecule has 1 aliphatic carbocycles. The molecule has 56 valence electrons. The van der Waals surface area contributed by atoms with Gasteiger partial charge in [0.05, 0.1) is 6.07 Å². The number of rotatable bonds is 1. The molecular weight excluding hydrogens is 136 g/mol. The van der Waals surface area contributed by atoms with E-state index in [-0.39, 0.29) is 12.8 Å². The summed E-state index contributed by atoms with van der Waals surface area (Å²) in [5.41, 5.74) is 0. The number of nitrogens with zero attached hydrogens (tertiary/aromatic N) is 1. The lowest BCUT2D eigenvalue weighted by atomic mass is 10.0. The van der Waals surface area contributed by atoms with Crippen LogP contribution in [0.25, 0.3) is 0 Å². The van der Waals surface area contributed by atoms with Crippen LogP contribution in [0, 0.1) is 17.2 Å². The van der Waals surface area contributed by atoms with Gasteiger partial charge in [0.1, 0.15) is 0 Å². The summed E-state index contributed by atoms with van der Waals surface area (Å²) in [5, 5.41) is 8.18. The van der Waals surface area contributed by atoms with Gasteiger partial charge >= 0.3 is 0 Å². The minimum atomic E-state index is -2.56. The molecule has 1 fully saturated rings. The Balaban J connectivity index is 2.53. The Bertz CT molecular complexity index is 159. The highest BCUT2D eigenvalue weighted by Crippen LogP contribution is 2.41. The van der Waals surface area contributed by atoms with Crippen LogP contribution in [0.15, 0.2) is 0 Å². The third-order valence-corrected chi connectivity index (χ3v) is 2.00. The first kappa shape index (κ1) is 7.46. The summed E-state index contributed by atoms with van der Waals surface area (Å²) in [5.74, 6) is -3.23. The van der Waals surface area contributed by atoms with E-state index in [2.05, 4.69) is 0 Å². The van der Waals surface area contributed by atoms with E-state index < -0.39 is 11.8 Å². The second-order valence-electron chi connectivity index (χ2n) is 2.71. The van der Waals surface area contributed by atoms with Gasteiger partial charge in [-0.2, -0.15) is 5.26 Å². The second-order valence-corrected chi connectivity index (χ2v) is 2.71. The fourth-order valence-electron chi connectivity index (χ4n) is 1.36. The quantitative estimate of drug-likeness (QED) is 0.555. The van der Waals surface area contributed by atoms with Gasteiger partial charge in [0, 0.05) is 18.8 Å². The molecule has 0 saturated heterocycles. The fraction of sp³-hybridized carbons (Fsp3) is 0.857. The van der Waals surface area contributed by atoms with Crippen LogP contribution in [0.1, 0.15) is 25.7 Å². The summed E-state index contributed by atoms with van der Waals surface area (Å²) < 4.78 is 25.3. The van der Waals surface area contributed by atoms with Gasteiger partial charge in [-0.1, -0.05) is 0 Å². The van der Waals surface area contributed by atoms with Gasteiger partial charge in [-0.3, -0.25) is 0 Å². The summed E-state index contributed by atoms with van der Waals surface area (Å²) >= 11 is 0. The summed E-state index contributed by atoms with van der Waals surface area (Å²) in [6.45, 7) is 0. The van der Waals surface area contributed by atoms with Crippen molar-refractivity contribution in [3.8, 4) is 6.07 Å². The van der Waals surface area contributed by atoms with E-state index in [4.69, 9.17) is 5.26 Å². The number of hydrogen-bond donors (Lipinski definition) is 0. The van der Waals surface area contributed by atoms with Crippen molar-refractivity contribution in [3.63, 3.8) is 0 Å². The molecule has 0 heterocycles. The van der Waals surface area contributed by atoms with Gasteiger partial charge in [0.2, 0.25) is 0 Å². The largest absolute Gasteiger partial charge is 0.251 e. The number of halogens is 2. The van der Waals surface area contributed by atoms with Gasteiger partial charge in [-0.15, -0.1) is 0 Å². The van der Waals surface area contributed by atoms with Gasteiger partial charge in [-0.05, 0) is 12.8 Å². The van der Waals surface area contributed by atoms with Crippen LogP contribution in [0.3, 0.4) is 0 Å². The summed E-state index contributed by atoms with van der Waals surface area (Å²) in [7, 11) is 0. The van der Waals surface area contributed by atoms with Crippen molar-refractivity contribution in [2.24, 2.45) is 5.92 Å². The normalized spacial score (nSPS) is 29.9. The maximum atomic E-state index is 12.6. The predicted molar refractivity (Wildman–Crippen MR) is 32.5 cm³/mol. The summed E-state index contributed by atoms with van der Waals surface area (Å²) in [6, 6.07) is 1.79. The van der Waals surface area contributed by atoms with Crippen molar-refractivity contribution in [3.05, 3.63) is 0 Å². The molecule has 0 N–H and O–H groups in total. The van der Waals surface area contributed by atoms with E-state index in [1.807, 2.05) is 0 Å². The summed E-state index contributed by atoms with van der Waals surface area (Å²) in [6.07, 6.45) is 1.06. The maximum absolute atomic E-state index is 12.6. The molecule has 0 aromatic carbocycles. The minimum absolute atomic E-state index is 0.00694. The molecule has 1 saturated carbocycles. The molecule has 1 rings (SSSR count). The van der Waals surface area contributed by atoms with E-state index in [1.54, 1.807) is 6.07 Å². The lowest BCUT2D eigenvalue weighted by Crippen LogP contribution is -2.20. The minimum Gasteiger partial charge on any atom is -0.207 e. The molecule has 1 aliphatic rings. The molecule has 0 aromatic rings. The number of hydrogen-bond acceptors (Lipinski definition) is 1. The SMILES string of the molecule is N#CCC1CCCC1(F)F. The molecule has 3 heteroatoms. The van der Waals surface area contributed by atoms with Crippen LogP contribution in [-0.4, -0.2) is 5.92 Å². The monoisotopic (exact) mass is 145 g/mol. The van der Waals surface area contributed by atoms with Crippen molar-refractivity contribution >= 4 is 0 Å². The standard InChI is InChI=1S/C7H9F2N/c8-7(9)4-1-2-6(7)3-5-10/h6H,1-4H2. The van der Waals surface area contributed by atoms with Crippen molar-refractivity contribution in [1.29, 1.82) is 5.26 Å². The highest BCUT2D eigenvalue weighted by atomic mass is 19.3. The average Bonchev–Trinajstić information content (AvgIpc) is 2.13. The van der Waals surface area contributed by atoms with Crippen molar-refractivity contribution in [2.75, 3.05) is 0 Å². The average molecular weight is 145 g/mol. The molecular formula is C7H9F2N. The van der Waals surface area contributed by atoms with E-state index >= 15 is 0 Å². The number of alkyl halides is 2. The van der Waals surface area contributed by atoms with E-state index in [0.29, 0.717) is 12.8 Å². The third-order valence-electron chi connectivity index (χ3n) is 2.00.